The molecule has 54 valence electrons. The van der Waals surface area contributed by atoms with Crippen LogP contribution < -0.4 is 5.43 Å². The summed E-state index contributed by atoms with van der Waals surface area (Å²) >= 11 is 0. The first-order chi connectivity index (χ1) is 4.16. The van der Waals surface area contributed by atoms with Crippen molar-refractivity contribution in [2.24, 2.45) is 0 Å². The Hall–Kier alpha value is -0.570. The summed E-state index contributed by atoms with van der Waals surface area (Å²) in [5, 5.41) is 1.65. The van der Waals surface area contributed by atoms with E-state index in [0.29, 0.717) is 6.42 Å². The van der Waals surface area contributed by atoms with Gasteiger partial charge in [-0.3, -0.25) is 10.2 Å². The second kappa shape index (κ2) is 4.32. The van der Waals surface area contributed by atoms with E-state index in [0.717, 1.165) is 6.42 Å². The third-order valence-electron chi connectivity index (χ3n) is 0.825. The summed E-state index contributed by atoms with van der Waals surface area (Å²) < 4.78 is 0. The Morgan fingerprint density at radius 1 is 1.56 bits per heavy atom. The summed E-state index contributed by atoms with van der Waals surface area (Å²) in [5.74, 6) is 0.0856. The number of carbonyl (C=O) groups is 1. The number of carbonyl (C=O) groups excluding carboxylic acids is 1. The molecule has 3 nitrogen and oxygen atoms in total. The molecular weight excluding hydrogens is 116 g/mol. The van der Waals surface area contributed by atoms with Crippen LogP contribution in [0.5, 0.6) is 0 Å². The molecule has 0 unspecified atom stereocenters. The van der Waals surface area contributed by atoms with Crippen LogP contribution in [0.2, 0.25) is 0 Å². The van der Waals surface area contributed by atoms with Gasteiger partial charge in [-0.25, -0.2) is 5.01 Å². The molecule has 9 heavy (non-hydrogen) atoms. The lowest BCUT2D eigenvalue weighted by Crippen LogP contribution is -2.35. The van der Waals surface area contributed by atoms with E-state index in [1.54, 1.807) is 19.1 Å². The molecule has 0 saturated carbocycles. The Bertz CT molecular complexity index is 91.1. The van der Waals surface area contributed by atoms with Gasteiger partial charge >= 0.3 is 0 Å². The van der Waals surface area contributed by atoms with Crippen molar-refractivity contribution in [2.75, 3.05) is 14.1 Å². The zero-order valence-electron chi connectivity index (χ0n) is 6.27. The van der Waals surface area contributed by atoms with Crippen molar-refractivity contribution in [3.63, 3.8) is 0 Å². The van der Waals surface area contributed by atoms with Crippen LogP contribution in [0.3, 0.4) is 0 Å². The van der Waals surface area contributed by atoms with E-state index in [1.807, 2.05) is 6.92 Å². The zero-order valence-corrected chi connectivity index (χ0v) is 6.27. The van der Waals surface area contributed by atoms with E-state index in [-0.39, 0.29) is 5.91 Å². The normalized spacial score (nSPS) is 9.78. The SMILES string of the molecule is CCCC(=O)NN(C)C. The molecule has 0 aliphatic rings. The predicted octanol–water partition coefficient (Wildman–Crippen LogP) is 0.379. The molecule has 0 aliphatic heterocycles. The predicted molar refractivity (Wildman–Crippen MR) is 36.7 cm³/mol. The number of hydrogen-bond acceptors (Lipinski definition) is 2. The second-order valence-electron chi connectivity index (χ2n) is 2.18. The average molecular weight is 130 g/mol. The molecular formula is C6H14N2O. The van der Waals surface area contributed by atoms with Crippen LogP contribution in [0, 0.1) is 0 Å². The number of nitrogens with zero attached hydrogens (tertiary/aromatic N) is 1. The lowest BCUT2D eigenvalue weighted by atomic mass is 10.3. The molecule has 0 heterocycles. The van der Waals surface area contributed by atoms with Gasteiger partial charge in [-0.2, -0.15) is 0 Å². The smallest absolute Gasteiger partial charge is 0.234 e. The van der Waals surface area contributed by atoms with Crippen LogP contribution >= 0.6 is 0 Å². The quantitative estimate of drug-likeness (QED) is 0.560. The minimum atomic E-state index is 0.0856. The molecule has 0 aromatic rings. The molecule has 0 radical (unpaired) electrons. The maximum absolute atomic E-state index is 10.7. The van der Waals surface area contributed by atoms with Crippen LogP contribution in [0.4, 0.5) is 0 Å². The lowest BCUT2D eigenvalue weighted by Gasteiger charge is -2.10. The highest BCUT2D eigenvalue weighted by molar-refractivity contribution is 5.75. The van der Waals surface area contributed by atoms with Crippen LogP contribution in [0.1, 0.15) is 19.8 Å². The number of amides is 1. The fourth-order valence-electron chi connectivity index (χ4n) is 0.532. The van der Waals surface area contributed by atoms with Crippen LogP contribution in [-0.4, -0.2) is 25.0 Å². The second-order valence-corrected chi connectivity index (χ2v) is 2.18. The fourth-order valence-corrected chi connectivity index (χ4v) is 0.532. The van der Waals surface area contributed by atoms with Gasteiger partial charge in [0.2, 0.25) is 5.91 Å². The van der Waals surface area contributed by atoms with E-state index in [4.69, 9.17) is 0 Å². The van der Waals surface area contributed by atoms with Crippen LogP contribution in [-0.2, 0) is 4.79 Å². The van der Waals surface area contributed by atoms with Crippen molar-refractivity contribution in [3.8, 4) is 0 Å². The first kappa shape index (κ1) is 8.43. The molecule has 0 aromatic carbocycles. The van der Waals surface area contributed by atoms with Gasteiger partial charge in [0.25, 0.3) is 0 Å². The number of rotatable bonds is 3. The lowest BCUT2D eigenvalue weighted by molar-refractivity contribution is -0.124. The molecule has 3 heteroatoms. The van der Waals surface area contributed by atoms with Crippen LogP contribution in [0.15, 0.2) is 0 Å². The monoisotopic (exact) mass is 130 g/mol. The molecule has 1 N–H and O–H groups in total. The first-order valence-corrected chi connectivity index (χ1v) is 3.13. The molecule has 0 spiro atoms. The van der Waals surface area contributed by atoms with Gasteiger partial charge in [0.15, 0.2) is 0 Å². The van der Waals surface area contributed by atoms with Crippen molar-refractivity contribution in [3.05, 3.63) is 0 Å². The third-order valence-corrected chi connectivity index (χ3v) is 0.825. The Balaban J connectivity index is 3.27. The zero-order chi connectivity index (χ0) is 7.28. The van der Waals surface area contributed by atoms with Gasteiger partial charge < -0.3 is 0 Å². The molecule has 0 bridgehead atoms. The Kier molecular flexibility index (Phi) is 4.05. The van der Waals surface area contributed by atoms with Gasteiger partial charge in [0.05, 0.1) is 0 Å². The standard InChI is InChI=1S/C6H14N2O/c1-4-5-6(9)7-8(2)3/h4-5H2,1-3H3,(H,7,9). The molecule has 0 fully saturated rings. The van der Waals surface area contributed by atoms with E-state index in [2.05, 4.69) is 5.43 Å². The average Bonchev–Trinajstić information content (AvgIpc) is 1.63. The van der Waals surface area contributed by atoms with Gasteiger partial charge in [-0.15, -0.1) is 0 Å². The van der Waals surface area contributed by atoms with Gasteiger partial charge in [0, 0.05) is 20.5 Å². The van der Waals surface area contributed by atoms with E-state index in [9.17, 15) is 4.79 Å². The van der Waals surface area contributed by atoms with E-state index >= 15 is 0 Å². The molecule has 0 saturated heterocycles. The summed E-state index contributed by atoms with van der Waals surface area (Å²) in [6.07, 6.45) is 1.51. The summed E-state index contributed by atoms with van der Waals surface area (Å²) in [7, 11) is 3.60. The molecule has 0 atom stereocenters. The summed E-state index contributed by atoms with van der Waals surface area (Å²) in [4.78, 5) is 10.7. The van der Waals surface area contributed by atoms with Crippen molar-refractivity contribution < 1.29 is 4.79 Å². The Labute approximate surface area is 56.0 Å². The highest BCUT2D eigenvalue weighted by atomic mass is 16.2. The Morgan fingerprint density at radius 2 is 2.11 bits per heavy atom. The molecule has 0 rings (SSSR count). The summed E-state index contributed by atoms with van der Waals surface area (Å²) in [6.45, 7) is 1.98. The van der Waals surface area contributed by atoms with Gasteiger partial charge in [0.1, 0.15) is 0 Å². The van der Waals surface area contributed by atoms with Crippen molar-refractivity contribution in [1.82, 2.24) is 10.4 Å². The van der Waals surface area contributed by atoms with Crippen molar-refractivity contribution in [2.45, 2.75) is 19.8 Å². The largest absolute Gasteiger partial charge is 0.289 e. The topological polar surface area (TPSA) is 32.3 Å². The van der Waals surface area contributed by atoms with Gasteiger partial charge in [-0.05, 0) is 6.42 Å². The molecule has 1 amide bonds. The first-order valence-electron chi connectivity index (χ1n) is 3.13. The maximum Gasteiger partial charge on any atom is 0.234 e. The third kappa shape index (κ3) is 5.30. The number of nitrogens with one attached hydrogen (secondary N) is 1. The van der Waals surface area contributed by atoms with Gasteiger partial charge in [-0.1, -0.05) is 6.92 Å². The minimum Gasteiger partial charge on any atom is -0.289 e. The highest BCUT2D eigenvalue weighted by Crippen LogP contribution is 1.84. The van der Waals surface area contributed by atoms with Crippen LogP contribution in [0.25, 0.3) is 0 Å². The summed E-state index contributed by atoms with van der Waals surface area (Å²) in [6, 6.07) is 0. The highest BCUT2D eigenvalue weighted by Gasteiger charge is 1.97. The number of hydrogen-bond donors (Lipinski definition) is 1. The number of hydrazine groups is 1. The minimum absolute atomic E-state index is 0.0856. The maximum atomic E-state index is 10.7. The fraction of sp³-hybridized carbons (Fsp3) is 0.833. The summed E-state index contributed by atoms with van der Waals surface area (Å²) in [5.41, 5.74) is 2.64. The van der Waals surface area contributed by atoms with Crippen molar-refractivity contribution in [1.29, 1.82) is 0 Å². The molecule has 0 aliphatic carbocycles. The van der Waals surface area contributed by atoms with E-state index in [1.165, 1.54) is 0 Å². The molecule has 0 aromatic heterocycles. The van der Waals surface area contributed by atoms with Crippen molar-refractivity contribution >= 4 is 5.91 Å². The Morgan fingerprint density at radius 3 is 2.44 bits per heavy atom. The van der Waals surface area contributed by atoms with E-state index < -0.39 is 0 Å².